The van der Waals surface area contributed by atoms with Crippen LogP contribution in [0.1, 0.15) is 10.5 Å². The Hall–Kier alpha value is -4.44. The van der Waals surface area contributed by atoms with Gasteiger partial charge in [-0.05, 0) is 23.1 Å². The van der Waals surface area contributed by atoms with Crippen molar-refractivity contribution in [3.05, 3.63) is 82.1 Å². The number of amides is 2. The zero-order valence-electron chi connectivity index (χ0n) is 17.3. The van der Waals surface area contributed by atoms with Gasteiger partial charge in [-0.2, -0.15) is 0 Å². The minimum atomic E-state index is -1.53. The number of benzene rings is 2. The number of hydrogen-bond acceptors (Lipinski definition) is 6. The first-order valence-electron chi connectivity index (χ1n) is 9.70. The number of carboxylic acid groups (broad SMARTS) is 1. The second kappa shape index (κ2) is 8.97. The van der Waals surface area contributed by atoms with Gasteiger partial charge in [0.05, 0.1) is 16.3 Å². The van der Waals surface area contributed by atoms with Crippen LogP contribution in [0, 0.1) is 0 Å². The molecule has 10 heteroatoms. The molecule has 0 aliphatic rings. The monoisotopic (exact) mass is 462 g/mol. The highest BCUT2D eigenvalue weighted by Gasteiger charge is 2.22. The van der Waals surface area contributed by atoms with E-state index in [4.69, 9.17) is 0 Å². The molecule has 2 aromatic carbocycles. The molecule has 0 fully saturated rings. The normalized spacial score (nSPS) is 10.6. The largest absolute Gasteiger partial charge is 0.501 e. The molecule has 0 unspecified atom stereocenters. The molecule has 4 N–H and O–H groups in total. The summed E-state index contributed by atoms with van der Waals surface area (Å²) in [6, 6.07) is 18.0. The molecule has 0 saturated carbocycles. The third-order valence-corrected chi connectivity index (χ3v) is 5.76. The molecule has 0 aliphatic carbocycles. The van der Waals surface area contributed by atoms with Gasteiger partial charge in [0.2, 0.25) is 5.75 Å². The number of aromatic carboxylic acids is 1. The molecule has 0 bridgehead atoms. The van der Waals surface area contributed by atoms with Gasteiger partial charge >= 0.3 is 12.0 Å². The molecular formula is C23H18N4O5S. The number of nitrogens with zero attached hydrogens (tertiary/aromatic N) is 2. The molecular weight excluding hydrogens is 444 g/mol. The van der Waals surface area contributed by atoms with E-state index in [-0.39, 0.29) is 5.82 Å². The highest BCUT2D eigenvalue weighted by Crippen LogP contribution is 2.33. The van der Waals surface area contributed by atoms with E-state index in [1.807, 2.05) is 48.5 Å². The molecule has 0 saturated heterocycles. The van der Waals surface area contributed by atoms with E-state index in [2.05, 4.69) is 15.6 Å². The van der Waals surface area contributed by atoms with Gasteiger partial charge in [0.25, 0.3) is 5.56 Å². The molecule has 0 aliphatic heterocycles. The minimum absolute atomic E-state index is 0.00480. The predicted octanol–water partition coefficient (Wildman–Crippen LogP) is 4.22. The quantitative estimate of drug-likeness (QED) is 0.351. The minimum Gasteiger partial charge on any atom is -0.501 e. The highest BCUT2D eigenvalue weighted by atomic mass is 32.1. The van der Waals surface area contributed by atoms with Gasteiger partial charge in [-0.25, -0.2) is 14.6 Å². The first-order valence-corrected chi connectivity index (χ1v) is 10.6. The Balaban J connectivity index is 1.64. The average Bonchev–Trinajstić information content (AvgIpc) is 3.26. The van der Waals surface area contributed by atoms with Crippen molar-refractivity contribution in [2.45, 2.75) is 0 Å². The van der Waals surface area contributed by atoms with Crippen LogP contribution in [0.4, 0.5) is 16.2 Å². The lowest BCUT2D eigenvalue weighted by Crippen LogP contribution is -2.24. The fourth-order valence-corrected chi connectivity index (χ4v) is 4.13. The summed E-state index contributed by atoms with van der Waals surface area (Å²) in [5, 5.41) is 26.3. The molecule has 0 spiro atoms. The number of rotatable bonds is 5. The van der Waals surface area contributed by atoms with Crippen LogP contribution in [-0.4, -0.2) is 31.8 Å². The predicted molar refractivity (Wildman–Crippen MR) is 126 cm³/mol. The molecule has 0 atom stereocenters. The van der Waals surface area contributed by atoms with E-state index in [1.165, 1.54) is 7.05 Å². The van der Waals surface area contributed by atoms with Crippen molar-refractivity contribution >= 4 is 34.7 Å². The maximum Gasteiger partial charge on any atom is 0.358 e. The van der Waals surface area contributed by atoms with Gasteiger partial charge in [-0.15, -0.1) is 11.3 Å². The zero-order chi connectivity index (χ0) is 23.5. The van der Waals surface area contributed by atoms with Crippen LogP contribution in [0.25, 0.3) is 21.8 Å². The fraction of sp³-hybridized carbons (Fsp3) is 0.0435. The van der Waals surface area contributed by atoms with Crippen molar-refractivity contribution in [2.75, 3.05) is 10.6 Å². The molecule has 9 nitrogen and oxygen atoms in total. The average molecular weight is 462 g/mol. The van der Waals surface area contributed by atoms with Gasteiger partial charge in [-0.3, -0.25) is 9.36 Å². The van der Waals surface area contributed by atoms with E-state index >= 15 is 0 Å². The van der Waals surface area contributed by atoms with Crippen molar-refractivity contribution in [3.63, 3.8) is 0 Å². The number of carbonyl (C=O) groups excluding carboxylic acids is 1. The lowest BCUT2D eigenvalue weighted by atomic mass is 10.0. The summed E-state index contributed by atoms with van der Waals surface area (Å²) in [5.74, 6) is -2.48. The lowest BCUT2D eigenvalue weighted by molar-refractivity contribution is 0.0686. The summed E-state index contributed by atoms with van der Waals surface area (Å²) in [6.07, 6.45) is 0. The van der Waals surface area contributed by atoms with E-state index < -0.39 is 29.0 Å². The molecule has 4 rings (SSSR count). The van der Waals surface area contributed by atoms with E-state index in [0.717, 1.165) is 27.0 Å². The lowest BCUT2D eigenvalue weighted by Gasteiger charge is -2.13. The topological polar surface area (TPSA) is 134 Å². The smallest absolute Gasteiger partial charge is 0.358 e. The highest BCUT2D eigenvalue weighted by molar-refractivity contribution is 7.14. The van der Waals surface area contributed by atoms with Crippen LogP contribution < -0.4 is 16.2 Å². The van der Waals surface area contributed by atoms with Crippen LogP contribution in [0.3, 0.4) is 0 Å². The Morgan fingerprint density at radius 2 is 1.64 bits per heavy atom. The Morgan fingerprint density at radius 1 is 0.970 bits per heavy atom. The Labute approximate surface area is 191 Å². The second-order valence-electron chi connectivity index (χ2n) is 6.96. The van der Waals surface area contributed by atoms with Gasteiger partial charge in [0.1, 0.15) is 0 Å². The van der Waals surface area contributed by atoms with Crippen molar-refractivity contribution in [1.29, 1.82) is 0 Å². The third-order valence-electron chi connectivity index (χ3n) is 4.85. The standard InChI is InChI=1S/C23H18N4O5S/c1-27-20(26-17(22(30)31)18(28)21(27)29)19-16(11-12-33-19)25-23(32)24-15-10-6-5-9-14(15)13-7-3-2-4-8-13/h2-12,28H,1H3,(H,30,31)(H2,24,25,32). The Morgan fingerprint density at radius 3 is 2.36 bits per heavy atom. The third kappa shape index (κ3) is 4.32. The SMILES string of the molecule is Cn1c(-c2sccc2NC(=O)Nc2ccccc2-c2ccccc2)nc(C(=O)O)c(O)c1=O. The number of para-hydroxylation sites is 1. The zero-order valence-corrected chi connectivity index (χ0v) is 18.1. The summed E-state index contributed by atoms with van der Waals surface area (Å²) in [5.41, 5.74) is 1.05. The molecule has 0 radical (unpaired) electrons. The first kappa shape index (κ1) is 21.8. The van der Waals surface area contributed by atoms with Crippen LogP contribution in [0.2, 0.25) is 0 Å². The Bertz CT molecular complexity index is 1410. The number of aromatic nitrogens is 2. The van der Waals surface area contributed by atoms with Crippen LogP contribution in [0.15, 0.2) is 70.8 Å². The number of anilines is 2. The van der Waals surface area contributed by atoms with Gasteiger partial charge in [0.15, 0.2) is 11.5 Å². The molecule has 4 aromatic rings. The fourth-order valence-electron chi connectivity index (χ4n) is 3.26. The van der Waals surface area contributed by atoms with Gasteiger partial charge < -0.3 is 20.8 Å². The molecule has 2 aromatic heterocycles. The Kier molecular flexibility index (Phi) is 5.92. The van der Waals surface area contributed by atoms with E-state index in [1.54, 1.807) is 17.5 Å². The molecule has 2 heterocycles. The van der Waals surface area contributed by atoms with Crippen molar-refractivity contribution in [2.24, 2.45) is 7.05 Å². The number of thiophene rings is 1. The van der Waals surface area contributed by atoms with E-state index in [0.29, 0.717) is 16.3 Å². The second-order valence-corrected chi connectivity index (χ2v) is 7.87. The first-order chi connectivity index (χ1) is 15.9. The number of nitrogens with one attached hydrogen (secondary N) is 2. The van der Waals surface area contributed by atoms with Gasteiger partial charge in [-0.1, -0.05) is 48.5 Å². The van der Waals surface area contributed by atoms with Crippen molar-refractivity contribution < 1.29 is 19.8 Å². The van der Waals surface area contributed by atoms with Gasteiger partial charge in [0, 0.05) is 12.6 Å². The maximum atomic E-state index is 12.8. The molecule has 166 valence electrons. The van der Waals surface area contributed by atoms with Crippen molar-refractivity contribution in [1.82, 2.24) is 9.55 Å². The maximum absolute atomic E-state index is 12.8. The molecule has 2 amide bonds. The van der Waals surface area contributed by atoms with Crippen LogP contribution >= 0.6 is 11.3 Å². The number of carbonyl (C=O) groups is 2. The van der Waals surface area contributed by atoms with Crippen molar-refractivity contribution in [3.8, 4) is 27.6 Å². The summed E-state index contributed by atoms with van der Waals surface area (Å²) in [4.78, 5) is 40.7. The number of hydrogen-bond donors (Lipinski definition) is 4. The summed E-state index contributed by atoms with van der Waals surface area (Å²) < 4.78 is 1.03. The number of urea groups is 1. The summed E-state index contributed by atoms with van der Waals surface area (Å²) >= 11 is 1.16. The number of aromatic hydroxyl groups is 1. The summed E-state index contributed by atoms with van der Waals surface area (Å²) in [7, 11) is 1.36. The van der Waals surface area contributed by atoms with Crippen LogP contribution in [0.5, 0.6) is 5.75 Å². The molecule has 33 heavy (non-hydrogen) atoms. The number of carboxylic acids is 1. The van der Waals surface area contributed by atoms with Crippen LogP contribution in [-0.2, 0) is 7.05 Å². The van der Waals surface area contributed by atoms with E-state index in [9.17, 15) is 24.6 Å². The summed E-state index contributed by atoms with van der Waals surface area (Å²) in [6.45, 7) is 0.